The smallest absolute Gasteiger partial charge is 0.397 e. The van der Waals surface area contributed by atoms with Gasteiger partial charge in [0.15, 0.2) is 5.82 Å². The van der Waals surface area contributed by atoms with E-state index in [1.54, 1.807) is 6.07 Å². The van der Waals surface area contributed by atoms with Gasteiger partial charge in [0.2, 0.25) is 16.1 Å². The Morgan fingerprint density at radius 3 is 2.50 bits per heavy atom. The van der Waals surface area contributed by atoms with Gasteiger partial charge in [-0.05, 0) is 53.7 Å². The van der Waals surface area contributed by atoms with Crippen LogP contribution >= 0.6 is 11.6 Å². The fourth-order valence-electron chi connectivity index (χ4n) is 7.14. The van der Waals surface area contributed by atoms with Crippen molar-refractivity contribution >= 4 is 49.9 Å². The van der Waals surface area contributed by atoms with Crippen LogP contribution < -0.4 is 15.8 Å². The van der Waals surface area contributed by atoms with Crippen LogP contribution in [-0.2, 0) is 28.3 Å². The number of nitrogen functional groups attached to an aromatic ring is 1. The van der Waals surface area contributed by atoms with E-state index in [4.69, 9.17) is 17.3 Å². The largest absolute Gasteiger partial charge is 0.420 e. The Bertz CT molecular complexity index is 2340. The first-order valence-corrected chi connectivity index (χ1v) is 17.8. The van der Waals surface area contributed by atoms with E-state index in [1.807, 2.05) is 0 Å². The lowest BCUT2D eigenvalue weighted by molar-refractivity contribution is -0.549. The Morgan fingerprint density at radius 1 is 1.15 bits per heavy atom. The predicted octanol–water partition coefficient (Wildman–Crippen LogP) is 5.87. The molecule has 0 bridgehead atoms. The van der Waals surface area contributed by atoms with Crippen molar-refractivity contribution < 1.29 is 48.6 Å². The third kappa shape index (κ3) is 6.33. The van der Waals surface area contributed by atoms with E-state index in [-0.39, 0.29) is 57.1 Å². The first kappa shape index (κ1) is 35.6. The third-order valence-electron chi connectivity index (χ3n) is 9.13. The van der Waals surface area contributed by atoms with Gasteiger partial charge < -0.3 is 11.1 Å². The number of anilines is 2. The van der Waals surface area contributed by atoms with Gasteiger partial charge in [-0.2, -0.15) is 27.1 Å². The molecule has 4 aromatic rings. The molecule has 2 aromatic carbocycles. The number of carbonyl (C=O) groups excluding carboxylic acids is 1. The molecule has 1 unspecified atom stereocenters. The Labute approximate surface area is 295 Å². The highest BCUT2D eigenvalue weighted by atomic mass is 35.5. The molecule has 52 heavy (non-hydrogen) atoms. The van der Waals surface area contributed by atoms with Crippen LogP contribution in [0.2, 0.25) is 5.02 Å². The molecule has 2 aliphatic carbocycles. The summed E-state index contributed by atoms with van der Waals surface area (Å²) in [5, 5.41) is 10.6. The van der Waals surface area contributed by atoms with Crippen LogP contribution in [0, 0.1) is 23.5 Å². The summed E-state index contributed by atoms with van der Waals surface area (Å²) >= 11 is 6.50. The van der Waals surface area contributed by atoms with Crippen molar-refractivity contribution in [2.45, 2.75) is 37.0 Å². The van der Waals surface area contributed by atoms with Crippen molar-refractivity contribution in [3.8, 4) is 11.1 Å². The highest BCUT2D eigenvalue weighted by Gasteiger charge is 2.75. The maximum Gasteiger partial charge on any atom is 0.420 e. The Kier molecular flexibility index (Phi) is 8.32. The van der Waals surface area contributed by atoms with Gasteiger partial charge in [0.05, 0.1) is 45.8 Å². The first-order valence-electron chi connectivity index (χ1n) is 15.5. The molecule has 1 aliphatic heterocycles. The van der Waals surface area contributed by atoms with Crippen molar-refractivity contribution in [2.75, 3.05) is 23.3 Å². The summed E-state index contributed by atoms with van der Waals surface area (Å²) in [5.41, 5.74) is 5.64. The molecule has 11 nitrogen and oxygen atoms in total. The highest BCUT2D eigenvalue weighted by molar-refractivity contribution is 7.92. The Morgan fingerprint density at radius 2 is 1.85 bits per heavy atom. The number of carbonyl (C=O) groups is 1. The summed E-state index contributed by atoms with van der Waals surface area (Å²) in [6, 6.07) is 3.24. The van der Waals surface area contributed by atoms with Crippen LogP contribution in [0.1, 0.15) is 23.7 Å². The summed E-state index contributed by atoms with van der Waals surface area (Å²) in [4.78, 5) is 18.1. The summed E-state index contributed by atoms with van der Waals surface area (Å²) in [6.07, 6.45) is -3.29. The molecule has 3 heterocycles. The zero-order valence-corrected chi connectivity index (χ0v) is 28.5. The average molecular weight is 772 g/mol. The number of halogens is 8. The maximum atomic E-state index is 15.2. The average Bonchev–Trinajstić information content (AvgIpc) is 3.55. The normalized spacial score (nSPS) is 21.2. The first-order chi connectivity index (χ1) is 24.2. The molecule has 1 saturated carbocycles. The lowest BCUT2D eigenvalue weighted by Crippen LogP contribution is -2.38. The number of fused-ring (bicyclic) bond motifs is 3. The maximum absolute atomic E-state index is 15.2. The number of allylic oxidation sites excluding steroid dienone is 1. The van der Waals surface area contributed by atoms with Gasteiger partial charge in [0.1, 0.15) is 11.6 Å². The van der Waals surface area contributed by atoms with Gasteiger partial charge in [-0.1, -0.05) is 22.4 Å². The summed E-state index contributed by atoms with van der Waals surface area (Å²) < 4.78 is 129. The predicted molar refractivity (Wildman–Crippen MR) is 174 cm³/mol. The van der Waals surface area contributed by atoms with Crippen molar-refractivity contribution in [3.63, 3.8) is 0 Å². The number of hydrogen-bond donors (Lipinski definition) is 3. The van der Waals surface area contributed by atoms with Gasteiger partial charge in [-0.25, -0.2) is 17.2 Å². The van der Waals surface area contributed by atoms with E-state index in [0.717, 1.165) is 18.4 Å². The highest BCUT2D eigenvalue weighted by Crippen LogP contribution is 2.66. The molecule has 3 aliphatic rings. The minimum Gasteiger partial charge on any atom is -0.397 e. The fraction of sp³-hybridized carbons (Fsp3) is 0.344. The van der Waals surface area contributed by atoms with E-state index >= 15 is 8.78 Å². The molecule has 4 N–H and O–H groups in total. The van der Waals surface area contributed by atoms with Gasteiger partial charge >= 0.3 is 12.1 Å². The van der Waals surface area contributed by atoms with E-state index < -0.39 is 81.4 Å². The number of nitrogens with two attached hydrogens (primary N) is 1. The molecular weight excluding hydrogens is 745 g/mol. The standard InChI is InChI=1S/C32H26ClF7N8O3S/c1-47-27-17(3-4-21(33)25(27)30(45-47)46-52(2,50)51)18-9-16(41)11-42-26(18)22(7-13-5-14(34)8-15(35)6-13)43-23(49)12-48-29-24(28(44-48)32(38,39)40)19-10-20(19)31(29,36)37/h3-6,8-9,11,19-20,22,28H,7,10,12,41H2,1-2H3,(H-,43,45,46,49)/p+1/t19-,20+,22-,28?/m0/s1. The topological polar surface area (TPSA) is 147 Å². The number of sulfonamides is 1. The van der Waals surface area contributed by atoms with E-state index in [2.05, 4.69) is 25.2 Å². The molecular formula is C32H27ClF7N8O3S+. The lowest BCUT2D eigenvalue weighted by atomic mass is 9.94. The molecule has 20 heteroatoms. The van der Waals surface area contributed by atoms with Crippen molar-refractivity contribution in [1.29, 1.82) is 0 Å². The molecule has 0 radical (unpaired) electrons. The number of nitrogens with zero attached hydrogens (tertiary/aromatic N) is 5. The molecule has 7 rings (SSSR count). The van der Waals surface area contributed by atoms with Crippen molar-refractivity contribution in [1.82, 2.24) is 20.1 Å². The number of aryl methyl sites for hydroxylation is 1. The second-order valence-electron chi connectivity index (χ2n) is 13.0. The Hall–Kier alpha value is -4.78. The quantitative estimate of drug-likeness (QED) is 0.143. The molecule has 1 amide bonds. The van der Waals surface area contributed by atoms with Crippen molar-refractivity contribution in [2.24, 2.45) is 24.0 Å². The molecule has 0 saturated heterocycles. The second-order valence-corrected chi connectivity index (χ2v) is 15.1. The fourth-order valence-corrected chi connectivity index (χ4v) is 7.88. The number of rotatable bonds is 9. The van der Waals surface area contributed by atoms with Crippen LogP contribution in [0.15, 0.2) is 59.0 Å². The molecule has 4 atom stereocenters. The number of azo groups is 2. The van der Waals surface area contributed by atoms with Gasteiger partial charge in [0, 0.05) is 35.7 Å². The lowest BCUT2D eigenvalue weighted by Gasteiger charge is -2.22. The number of aromatic nitrogens is 3. The molecule has 1 fully saturated rings. The van der Waals surface area contributed by atoms with E-state index in [1.165, 1.54) is 30.1 Å². The van der Waals surface area contributed by atoms with Crippen LogP contribution in [-0.4, -0.2) is 64.7 Å². The van der Waals surface area contributed by atoms with Crippen molar-refractivity contribution in [3.05, 3.63) is 81.8 Å². The zero-order valence-electron chi connectivity index (χ0n) is 26.9. The monoisotopic (exact) mass is 771 g/mol. The third-order valence-corrected chi connectivity index (χ3v) is 10.0. The summed E-state index contributed by atoms with van der Waals surface area (Å²) in [7, 11) is -2.31. The van der Waals surface area contributed by atoms with Gasteiger partial charge in [-0.3, -0.25) is 19.2 Å². The van der Waals surface area contributed by atoms with Gasteiger partial charge in [0.25, 0.3) is 18.1 Å². The number of amides is 1. The number of benzene rings is 2. The molecule has 2 aromatic heterocycles. The van der Waals surface area contributed by atoms with Gasteiger partial charge in [-0.15, -0.1) is 0 Å². The van der Waals surface area contributed by atoms with Crippen LogP contribution in [0.3, 0.4) is 0 Å². The van der Waals surface area contributed by atoms with Crippen LogP contribution in [0.5, 0.6) is 0 Å². The summed E-state index contributed by atoms with van der Waals surface area (Å²) in [5.74, 6) is -8.99. The number of nitrogens with one attached hydrogen (secondary N) is 2. The zero-order chi connectivity index (χ0) is 37.7. The van der Waals surface area contributed by atoms with E-state index in [9.17, 15) is 35.2 Å². The molecule has 0 spiro atoms. The summed E-state index contributed by atoms with van der Waals surface area (Å²) in [6.45, 7) is -1.04. The number of hydrogen-bond acceptors (Lipinski definition) is 7. The number of alkyl halides is 5. The second kappa shape index (κ2) is 12.1. The van der Waals surface area contributed by atoms with Crippen LogP contribution in [0.4, 0.5) is 42.2 Å². The molecule has 274 valence electrons. The van der Waals surface area contributed by atoms with E-state index in [0.29, 0.717) is 16.3 Å². The number of pyridine rings is 1. The van der Waals surface area contributed by atoms with Crippen LogP contribution in [0.25, 0.3) is 22.0 Å². The Balaban J connectivity index is 1.31. The minimum atomic E-state index is -4.97. The SMILES string of the molecule is Cn1nc(NS(C)(=O)=O)c2c(Cl)ccc(-c3cc(N)cnc3[C@H](Cc3cc(F)cc(F)c3)NC(=O)C[N+]3=NC(C(F)(F)F)C4=C3C(F)(F)[C@@H]3C[C@H]43)c21. The minimum absolute atomic E-state index is 0.0317.